The van der Waals surface area contributed by atoms with Crippen molar-refractivity contribution in [2.45, 2.75) is 6.92 Å². The summed E-state index contributed by atoms with van der Waals surface area (Å²) < 4.78 is 6.52. The van der Waals surface area contributed by atoms with Gasteiger partial charge in [-0.1, -0.05) is 17.3 Å². The van der Waals surface area contributed by atoms with Gasteiger partial charge in [-0.3, -0.25) is 4.79 Å². The molecule has 0 saturated heterocycles. The number of nitrogens with one attached hydrogen (secondary N) is 1. The lowest BCUT2D eigenvalue weighted by Crippen LogP contribution is -2.10. The van der Waals surface area contributed by atoms with Crippen molar-refractivity contribution in [1.29, 1.82) is 0 Å². The molecule has 0 aliphatic heterocycles. The zero-order valence-electron chi connectivity index (χ0n) is 12.7. The molecule has 0 aliphatic rings. The quantitative estimate of drug-likeness (QED) is 0.622. The molecule has 8 heteroatoms. The minimum absolute atomic E-state index is 0.153. The molecule has 3 aromatic heterocycles. The van der Waals surface area contributed by atoms with E-state index < -0.39 is 0 Å². The third kappa shape index (κ3) is 2.50. The number of hydrogen-bond donors (Lipinski definition) is 1. The van der Waals surface area contributed by atoms with Gasteiger partial charge in [0.05, 0.1) is 11.9 Å². The van der Waals surface area contributed by atoms with Gasteiger partial charge < -0.3 is 9.84 Å². The Bertz CT molecular complexity index is 1020. The predicted molar refractivity (Wildman–Crippen MR) is 85.4 cm³/mol. The Hall–Kier alpha value is -3.55. The number of carbonyl (C=O) groups is 1. The van der Waals surface area contributed by atoms with Crippen LogP contribution in [0.4, 0.5) is 5.69 Å². The van der Waals surface area contributed by atoms with Crippen LogP contribution < -0.4 is 5.32 Å². The molecule has 24 heavy (non-hydrogen) atoms. The molecule has 8 nitrogen and oxygen atoms in total. The summed E-state index contributed by atoms with van der Waals surface area (Å²) in [7, 11) is 0. The van der Waals surface area contributed by atoms with E-state index in [2.05, 4.69) is 25.8 Å². The molecule has 0 fully saturated rings. The maximum atomic E-state index is 12.0. The molecule has 0 radical (unpaired) electrons. The van der Waals surface area contributed by atoms with Gasteiger partial charge in [0.2, 0.25) is 5.76 Å². The normalized spacial score (nSPS) is 10.9. The van der Waals surface area contributed by atoms with Crippen molar-refractivity contribution in [2.75, 3.05) is 5.32 Å². The second-order valence-electron chi connectivity index (χ2n) is 5.15. The van der Waals surface area contributed by atoms with E-state index in [1.54, 1.807) is 10.6 Å². The summed E-state index contributed by atoms with van der Waals surface area (Å²) in [5.41, 5.74) is 2.93. The monoisotopic (exact) mass is 320 g/mol. The largest absolute Gasteiger partial charge is 0.351 e. The van der Waals surface area contributed by atoms with Gasteiger partial charge in [-0.25, -0.2) is 0 Å². The van der Waals surface area contributed by atoms with Gasteiger partial charge in [-0.15, -0.1) is 10.2 Å². The second kappa shape index (κ2) is 5.58. The number of amides is 1. The molecule has 4 aromatic rings. The molecule has 1 aromatic carbocycles. The Morgan fingerprint density at radius 1 is 1.17 bits per heavy atom. The molecular formula is C16H12N6O2. The molecule has 0 aliphatic carbocycles. The zero-order chi connectivity index (χ0) is 16.5. The van der Waals surface area contributed by atoms with Crippen LogP contribution in [0.1, 0.15) is 16.4 Å². The number of rotatable bonds is 3. The van der Waals surface area contributed by atoms with E-state index in [0.717, 1.165) is 11.3 Å². The Morgan fingerprint density at radius 3 is 2.92 bits per heavy atom. The van der Waals surface area contributed by atoms with Gasteiger partial charge in [0, 0.05) is 17.3 Å². The fourth-order valence-electron chi connectivity index (χ4n) is 2.33. The van der Waals surface area contributed by atoms with E-state index in [0.29, 0.717) is 17.2 Å². The molecule has 3 heterocycles. The smallest absolute Gasteiger partial charge is 0.294 e. The molecule has 0 saturated carbocycles. The summed E-state index contributed by atoms with van der Waals surface area (Å²) in [6, 6.07) is 12.6. The highest BCUT2D eigenvalue weighted by atomic mass is 16.5. The molecule has 1 N–H and O–H groups in total. The van der Waals surface area contributed by atoms with Crippen LogP contribution in [0.5, 0.6) is 0 Å². The number of fused-ring (bicyclic) bond motifs is 1. The maximum Gasteiger partial charge on any atom is 0.294 e. The second-order valence-corrected chi connectivity index (χ2v) is 5.15. The van der Waals surface area contributed by atoms with Crippen LogP contribution in [0, 0.1) is 6.92 Å². The Morgan fingerprint density at radius 2 is 2.08 bits per heavy atom. The van der Waals surface area contributed by atoms with Crippen molar-refractivity contribution < 1.29 is 9.32 Å². The van der Waals surface area contributed by atoms with Gasteiger partial charge in [-0.05, 0) is 31.2 Å². The summed E-state index contributed by atoms with van der Waals surface area (Å²) in [6.45, 7) is 1.84. The molecule has 0 spiro atoms. The average Bonchev–Trinajstić information content (AvgIpc) is 3.25. The molecule has 118 valence electrons. The van der Waals surface area contributed by atoms with Crippen LogP contribution in [-0.4, -0.2) is 30.9 Å². The van der Waals surface area contributed by atoms with E-state index in [1.807, 2.05) is 37.3 Å². The Balaban J connectivity index is 1.66. The van der Waals surface area contributed by atoms with Gasteiger partial charge in [0.1, 0.15) is 0 Å². The maximum absolute atomic E-state index is 12.0. The van der Waals surface area contributed by atoms with Crippen LogP contribution >= 0.6 is 0 Å². The molecular weight excluding hydrogens is 308 g/mol. The SMILES string of the molecule is Cc1nnc2ccc(-c3cccc(NC(=O)c4ccno4)c3)nn12. The highest BCUT2D eigenvalue weighted by Crippen LogP contribution is 2.21. The van der Waals surface area contributed by atoms with Crippen molar-refractivity contribution in [2.24, 2.45) is 0 Å². The van der Waals surface area contributed by atoms with Crippen molar-refractivity contribution >= 4 is 17.2 Å². The van der Waals surface area contributed by atoms with Crippen molar-refractivity contribution in [3.63, 3.8) is 0 Å². The van der Waals surface area contributed by atoms with Gasteiger partial charge >= 0.3 is 0 Å². The summed E-state index contributed by atoms with van der Waals surface area (Å²) in [5.74, 6) is 0.504. The molecule has 0 atom stereocenters. The molecule has 1 amide bonds. The molecule has 4 rings (SSSR count). The number of anilines is 1. The van der Waals surface area contributed by atoms with Crippen LogP contribution in [0.25, 0.3) is 16.9 Å². The Labute approximate surface area is 136 Å². The van der Waals surface area contributed by atoms with Crippen LogP contribution in [0.2, 0.25) is 0 Å². The summed E-state index contributed by atoms with van der Waals surface area (Å²) in [5, 5.41) is 18.8. The fraction of sp³-hybridized carbons (Fsp3) is 0.0625. The van der Waals surface area contributed by atoms with E-state index >= 15 is 0 Å². The number of benzene rings is 1. The lowest BCUT2D eigenvalue weighted by molar-refractivity contribution is 0.0988. The van der Waals surface area contributed by atoms with Gasteiger partial charge in [-0.2, -0.15) is 9.61 Å². The first-order valence-electron chi connectivity index (χ1n) is 7.22. The van der Waals surface area contributed by atoms with Crippen LogP contribution in [0.15, 0.2) is 53.2 Å². The highest BCUT2D eigenvalue weighted by Gasteiger charge is 2.11. The van der Waals surface area contributed by atoms with Crippen molar-refractivity contribution in [3.8, 4) is 11.3 Å². The fourth-order valence-corrected chi connectivity index (χ4v) is 2.33. The predicted octanol–water partition coefficient (Wildman–Crippen LogP) is 2.34. The third-order valence-electron chi connectivity index (χ3n) is 3.50. The first-order valence-corrected chi connectivity index (χ1v) is 7.22. The summed E-state index contributed by atoms with van der Waals surface area (Å²) in [6.07, 6.45) is 1.42. The highest BCUT2D eigenvalue weighted by molar-refractivity contribution is 6.02. The minimum atomic E-state index is -0.359. The zero-order valence-corrected chi connectivity index (χ0v) is 12.7. The number of hydrogen-bond acceptors (Lipinski definition) is 6. The van der Waals surface area contributed by atoms with Crippen LogP contribution in [0.3, 0.4) is 0 Å². The summed E-state index contributed by atoms with van der Waals surface area (Å²) in [4.78, 5) is 12.0. The Kier molecular flexibility index (Phi) is 3.27. The lowest BCUT2D eigenvalue weighted by Gasteiger charge is -2.06. The molecule has 0 unspecified atom stereocenters. The van der Waals surface area contributed by atoms with Crippen molar-refractivity contribution in [3.05, 3.63) is 60.2 Å². The number of nitrogens with zero attached hydrogens (tertiary/aromatic N) is 5. The van der Waals surface area contributed by atoms with E-state index in [9.17, 15) is 4.79 Å². The average molecular weight is 320 g/mol. The standard InChI is InChI=1S/C16H12N6O2/c1-10-19-20-15-6-5-13(21-22(10)15)11-3-2-4-12(9-11)18-16(23)14-7-8-17-24-14/h2-9H,1H3,(H,18,23). The molecule has 0 bridgehead atoms. The van der Waals surface area contributed by atoms with Crippen molar-refractivity contribution in [1.82, 2.24) is 25.0 Å². The lowest BCUT2D eigenvalue weighted by atomic mass is 10.1. The topological polar surface area (TPSA) is 98.2 Å². The third-order valence-corrected chi connectivity index (χ3v) is 3.50. The van der Waals surface area contributed by atoms with Gasteiger partial charge in [0.15, 0.2) is 11.5 Å². The van der Waals surface area contributed by atoms with Crippen LogP contribution in [-0.2, 0) is 0 Å². The first-order chi connectivity index (χ1) is 11.7. The van der Waals surface area contributed by atoms with E-state index in [1.165, 1.54) is 12.3 Å². The first kappa shape index (κ1) is 14.1. The number of aryl methyl sites for hydroxylation is 1. The van der Waals surface area contributed by atoms with Gasteiger partial charge in [0.25, 0.3) is 5.91 Å². The summed E-state index contributed by atoms with van der Waals surface area (Å²) >= 11 is 0. The minimum Gasteiger partial charge on any atom is -0.351 e. The number of aromatic nitrogens is 5. The van der Waals surface area contributed by atoms with E-state index in [4.69, 9.17) is 4.52 Å². The van der Waals surface area contributed by atoms with E-state index in [-0.39, 0.29) is 11.7 Å². The number of carbonyl (C=O) groups excluding carboxylic acids is 1.